The molecule has 1 aromatic heterocycles. The molecule has 0 saturated carbocycles. The molecule has 1 amide bonds. The summed E-state index contributed by atoms with van der Waals surface area (Å²) in [5, 5.41) is 11.9. The van der Waals surface area contributed by atoms with Crippen molar-refractivity contribution in [2.24, 2.45) is 0 Å². The van der Waals surface area contributed by atoms with Crippen LogP contribution in [0.4, 0.5) is 5.13 Å². The van der Waals surface area contributed by atoms with Gasteiger partial charge < -0.3 is 19.3 Å². The second kappa shape index (κ2) is 10.3. The number of amides is 1. The van der Waals surface area contributed by atoms with Crippen LogP contribution < -0.4 is 19.1 Å². The van der Waals surface area contributed by atoms with Gasteiger partial charge in [0, 0.05) is 12.0 Å². The van der Waals surface area contributed by atoms with Crippen molar-refractivity contribution >= 4 is 44.1 Å². The lowest BCUT2D eigenvalue weighted by Gasteiger charge is -2.23. The molecule has 4 aromatic rings. The summed E-state index contributed by atoms with van der Waals surface area (Å²) >= 11 is 1.28. The molecule has 1 fully saturated rings. The van der Waals surface area contributed by atoms with E-state index in [1.807, 2.05) is 50.2 Å². The summed E-state index contributed by atoms with van der Waals surface area (Å²) in [7, 11) is 1.58. The zero-order valence-electron chi connectivity index (χ0n) is 22.3. The number of ketones is 1. The largest absolute Gasteiger partial charge is 0.507 e. The number of aliphatic hydroxyl groups excluding tert-OH is 1. The minimum Gasteiger partial charge on any atom is -0.507 e. The number of fused-ring (bicyclic) bond motifs is 2. The first-order valence-electron chi connectivity index (χ1n) is 13.2. The number of aromatic nitrogens is 1. The zero-order valence-corrected chi connectivity index (χ0v) is 23.2. The van der Waals surface area contributed by atoms with E-state index in [-0.39, 0.29) is 17.4 Å². The molecule has 0 aliphatic carbocycles. The molecule has 0 radical (unpaired) electrons. The predicted molar refractivity (Wildman–Crippen MR) is 153 cm³/mol. The molecule has 9 heteroatoms. The SMILES string of the molecule is CCCOc1cccc(C2/C(=C(\O)c3ccc4c(c3)CC(C)O4)C(=O)C(=O)N2c2nc3ccc(OC)cc3s2)c1. The van der Waals surface area contributed by atoms with Crippen LogP contribution in [0.25, 0.3) is 16.0 Å². The molecule has 2 aliphatic rings. The van der Waals surface area contributed by atoms with Crippen LogP contribution in [0.1, 0.15) is 43.0 Å². The quantitative estimate of drug-likeness (QED) is 0.168. The van der Waals surface area contributed by atoms with E-state index in [4.69, 9.17) is 14.2 Å². The van der Waals surface area contributed by atoms with Gasteiger partial charge in [0.05, 0.1) is 35.5 Å². The standard InChI is InChI=1S/C31H28N2O6S/c1-4-12-38-22-7-5-6-18(15-22)27-26(28(34)19-8-11-24-20(14-19)13-17(2)39-24)29(35)30(36)33(27)31-32-23-10-9-21(37-3)16-25(23)40-31/h5-11,14-17,27,34H,4,12-13H2,1-3H3/b28-26+. The Labute approximate surface area is 235 Å². The van der Waals surface area contributed by atoms with Crippen LogP contribution in [0, 0.1) is 0 Å². The third-order valence-corrected chi connectivity index (χ3v) is 8.07. The number of ether oxygens (including phenoxy) is 3. The lowest BCUT2D eigenvalue weighted by molar-refractivity contribution is -0.132. The van der Waals surface area contributed by atoms with Gasteiger partial charge >= 0.3 is 5.91 Å². The Morgan fingerprint density at radius 3 is 2.77 bits per heavy atom. The van der Waals surface area contributed by atoms with E-state index in [2.05, 4.69) is 4.98 Å². The highest BCUT2D eigenvalue weighted by molar-refractivity contribution is 7.22. The second-order valence-corrected chi connectivity index (χ2v) is 10.9. The van der Waals surface area contributed by atoms with Crippen molar-refractivity contribution in [1.29, 1.82) is 0 Å². The van der Waals surface area contributed by atoms with E-state index < -0.39 is 17.7 Å². The minimum absolute atomic E-state index is 0.00129. The number of anilines is 1. The van der Waals surface area contributed by atoms with Crippen LogP contribution >= 0.6 is 11.3 Å². The zero-order chi connectivity index (χ0) is 28.0. The van der Waals surface area contributed by atoms with E-state index in [9.17, 15) is 14.7 Å². The first kappa shape index (κ1) is 25.9. The van der Waals surface area contributed by atoms with Gasteiger partial charge in [0.2, 0.25) is 0 Å². The summed E-state index contributed by atoms with van der Waals surface area (Å²) < 4.78 is 17.8. The van der Waals surface area contributed by atoms with Crippen LogP contribution in [0.5, 0.6) is 17.2 Å². The molecule has 2 atom stereocenters. The van der Waals surface area contributed by atoms with Crippen molar-refractivity contribution in [2.45, 2.75) is 38.8 Å². The fraction of sp³-hybridized carbons (Fsp3) is 0.258. The fourth-order valence-corrected chi connectivity index (χ4v) is 6.21. The van der Waals surface area contributed by atoms with Crippen molar-refractivity contribution < 1.29 is 28.9 Å². The minimum atomic E-state index is -0.906. The number of thiazole rings is 1. The molecule has 0 spiro atoms. The Morgan fingerprint density at radius 1 is 1.12 bits per heavy atom. The average Bonchev–Trinajstić information content (AvgIpc) is 3.63. The number of methoxy groups -OCH3 is 1. The van der Waals surface area contributed by atoms with Crippen LogP contribution in [0.2, 0.25) is 0 Å². The number of hydrogen-bond donors (Lipinski definition) is 1. The summed E-state index contributed by atoms with van der Waals surface area (Å²) in [6.45, 7) is 4.52. The Hall–Kier alpha value is -4.37. The number of Topliss-reactive ketones (excluding diaryl/α,β-unsaturated/α-hetero) is 1. The van der Waals surface area contributed by atoms with E-state index in [1.165, 1.54) is 16.2 Å². The molecule has 2 aliphatic heterocycles. The molecule has 0 bridgehead atoms. The van der Waals surface area contributed by atoms with E-state index in [0.717, 1.165) is 22.4 Å². The maximum Gasteiger partial charge on any atom is 0.301 e. The maximum absolute atomic E-state index is 13.6. The number of rotatable bonds is 7. The summed E-state index contributed by atoms with van der Waals surface area (Å²) in [6.07, 6.45) is 1.56. The summed E-state index contributed by atoms with van der Waals surface area (Å²) in [6, 6.07) is 17.1. The molecular formula is C31H28N2O6S. The van der Waals surface area contributed by atoms with Crippen LogP contribution in [0.3, 0.4) is 0 Å². The van der Waals surface area contributed by atoms with Gasteiger partial charge in [0.1, 0.15) is 29.1 Å². The summed E-state index contributed by atoms with van der Waals surface area (Å²) in [5.41, 5.74) is 2.70. The van der Waals surface area contributed by atoms with Gasteiger partial charge in [-0.3, -0.25) is 14.5 Å². The first-order valence-corrected chi connectivity index (χ1v) is 14.0. The number of hydrogen-bond acceptors (Lipinski definition) is 8. The molecule has 204 valence electrons. The van der Waals surface area contributed by atoms with Gasteiger partial charge in [0.15, 0.2) is 5.13 Å². The summed E-state index contributed by atoms with van der Waals surface area (Å²) in [5.74, 6) is 0.266. The third-order valence-electron chi connectivity index (χ3n) is 7.05. The number of benzene rings is 3. The smallest absolute Gasteiger partial charge is 0.301 e. The van der Waals surface area contributed by atoms with Crippen LogP contribution in [0.15, 0.2) is 66.2 Å². The van der Waals surface area contributed by atoms with Gasteiger partial charge in [-0.2, -0.15) is 0 Å². The molecule has 6 rings (SSSR count). The Bertz CT molecular complexity index is 1680. The van der Waals surface area contributed by atoms with Crippen molar-refractivity contribution in [3.8, 4) is 17.2 Å². The van der Waals surface area contributed by atoms with Crippen molar-refractivity contribution in [2.75, 3.05) is 18.6 Å². The van der Waals surface area contributed by atoms with Crippen molar-refractivity contribution in [3.05, 3.63) is 82.9 Å². The Kier molecular flexibility index (Phi) is 6.67. The van der Waals surface area contributed by atoms with Gasteiger partial charge in [-0.05, 0) is 73.0 Å². The number of nitrogens with zero attached hydrogens (tertiary/aromatic N) is 2. The fourth-order valence-electron chi connectivity index (χ4n) is 5.19. The van der Waals surface area contributed by atoms with Gasteiger partial charge in [-0.15, -0.1) is 0 Å². The molecule has 40 heavy (non-hydrogen) atoms. The number of carbonyl (C=O) groups is 2. The third kappa shape index (κ3) is 4.46. The van der Waals surface area contributed by atoms with Crippen LogP contribution in [-0.4, -0.2) is 41.6 Å². The molecule has 1 N–H and O–H groups in total. The number of aliphatic hydroxyl groups is 1. The van der Waals surface area contributed by atoms with Gasteiger partial charge in [-0.1, -0.05) is 30.4 Å². The predicted octanol–water partition coefficient (Wildman–Crippen LogP) is 6.04. The molecule has 3 heterocycles. The van der Waals surface area contributed by atoms with Crippen molar-refractivity contribution in [3.63, 3.8) is 0 Å². The van der Waals surface area contributed by atoms with E-state index in [0.29, 0.717) is 46.3 Å². The molecule has 1 saturated heterocycles. The maximum atomic E-state index is 13.6. The van der Waals surface area contributed by atoms with Crippen LogP contribution in [-0.2, 0) is 16.0 Å². The van der Waals surface area contributed by atoms with E-state index in [1.54, 1.807) is 31.4 Å². The summed E-state index contributed by atoms with van der Waals surface area (Å²) in [4.78, 5) is 33.3. The topological polar surface area (TPSA) is 98.2 Å². The lowest BCUT2D eigenvalue weighted by atomic mass is 9.94. The molecule has 3 aromatic carbocycles. The average molecular weight is 557 g/mol. The lowest BCUT2D eigenvalue weighted by Crippen LogP contribution is -2.29. The van der Waals surface area contributed by atoms with Crippen molar-refractivity contribution in [1.82, 2.24) is 4.98 Å². The number of carbonyl (C=O) groups excluding carboxylic acids is 2. The Balaban J connectivity index is 1.51. The Morgan fingerprint density at radius 2 is 1.98 bits per heavy atom. The highest BCUT2D eigenvalue weighted by atomic mass is 32.1. The van der Waals surface area contributed by atoms with E-state index >= 15 is 0 Å². The normalized spacial score (nSPS) is 19.6. The molecule has 8 nitrogen and oxygen atoms in total. The molecule has 2 unspecified atom stereocenters. The highest BCUT2D eigenvalue weighted by Crippen LogP contribution is 2.45. The monoisotopic (exact) mass is 556 g/mol. The first-order chi connectivity index (χ1) is 19.4. The van der Waals surface area contributed by atoms with Gasteiger partial charge in [0.25, 0.3) is 5.78 Å². The van der Waals surface area contributed by atoms with Gasteiger partial charge in [-0.25, -0.2) is 4.98 Å². The molecular weight excluding hydrogens is 528 g/mol. The highest BCUT2D eigenvalue weighted by Gasteiger charge is 2.48. The second-order valence-electron chi connectivity index (χ2n) is 9.88.